The summed E-state index contributed by atoms with van der Waals surface area (Å²) in [5.41, 5.74) is 1.66. The van der Waals surface area contributed by atoms with Gasteiger partial charge in [0.05, 0.1) is 15.0 Å². The molecule has 1 N–H and O–H groups in total. The number of pyridine rings is 2. The molecular weight excluding hydrogens is 300 g/mol. The van der Waals surface area contributed by atoms with Crippen LogP contribution in [0.15, 0.2) is 46.7 Å². The lowest BCUT2D eigenvalue weighted by molar-refractivity contribution is 1.34. The van der Waals surface area contributed by atoms with E-state index in [0.717, 1.165) is 31.9 Å². The van der Waals surface area contributed by atoms with Gasteiger partial charge < -0.3 is 4.98 Å². The number of thiophene rings is 2. The van der Waals surface area contributed by atoms with Crippen molar-refractivity contribution in [3.63, 3.8) is 0 Å². The summed E-state index contributed by atoms with van der Waals surface area (Å²) < 4.78 is 2.00. The molecule has 0 atom stereocenters. The van der Waals surface area contributed by atoms with E-state index in [4.69, 9.17) is 0 Å². The van der Waals surface area contributed by atoms with Crippen LogP contribution in [0.5, 0.6) is 0 Å². The highest BCUT2D eigenvalue weighted by atomic mass is 32.2. The first-order chi connectivity index (χ1) is 10.3. The summed E-state index contributed by atoms with van der Waals surface area (Å²) in [6, 6.07) is 10.2. The molecule has 5 aromatic rings. The highest BCUT2D eigenvalue weighted by molar-refractivity contribution is 7.41. The normalized spacial score (nSPS) is 12.0. The van der Waals surface area contributed by atoms with Crippen molar-refractivity contribution in [1.82, 2.24) is 9.97 Å². The number of aromatic nitrogens is 2. The number of aromatic amines is 1. The van der Waals surface area contributed by atoms with Crippen LogP contribution in [0.25, 0.3) is 41.3 Å². The van der Waals surface area contributed by atoms with Gasteiger partial charge in [0.25, 0.3) is 5.56 Å². The van der Waals surface area contributed by atoms with Crippen LogP contribution in [-0.4, -0.2) is 9.97 Å². The highest BCUT2D eigenvalue weighted by Gasteiger charge is 2.14. The van der Waals surface area contributed by atoms with E-state index >= 15 is 0 Å². The van der Waals surface area contributed by atoms with E-state index in [0.29, 0.717) is 0 Å². The van der Waals surface area contributed by atoms with E-state index < -0.39 is 0 Å². The molecule has 5 heteroatoms. The number of hydrogen-bond donors (Lipinski definition) is 1. The molecule has 0 saturated heterocycles. The molecule has 5 rings (SSSR count). The lowest BCUT2D eigenvalue weighted by Crippen LogP contribution is -2.04. The van der Waals surface area contributed by atoms with Crippen molar-refractivity contribution in [3.8, 4) is 0 Å². The molecule has 0 aliphatic carbocycles. The molecule has 4 heterocycles. The van der Waals surface area contributed by atoms with E-state index in [2.05, 4.69) is 33.5 Å². The third-order valence-corrected chi connectivity index (χ3v) is 6.05. The van der Waals surface area contributed by atoms with Gasteiger partial charge in [-0.05, 0) is 17.5 Å². The second-order valence-corrected chi connectivity index (χ2v) is 7.14. The van der Waals surface area contributed by atoms with Gasteiger partial charge in [-0.3, -0.25) is 9.78 Å². The second kappa shape index (κ2) is 3.90. The van der Waals surface area contributed by atoms with Crippen LogP contribution in [0, 0.1) is 0 Å². The summed E-state index contributed by atoms with van der Waals surface area (Å²) in [5.74, 6) is 0. The molecule has 0 amide bonds. The monoisotopic (exact) mass is 308 g/mol. The molecule has 3 nitrogen and oxygen atoms in total. The van der Waals surface area contributed by atoms with Gasteiger partial charge in [-0.25, -0.2) is 0 Å². The number of hydrogen-bond acceptors (Lipinski definition) is 4. The first-order valence-corrected chi connectivity index (χ1v) is 8.22. The fraction of sp³-hybridized carbons (Fsp3) is 0. The van der Waals surface area contributed by atoms with Gasteiger partial charge >= 0.3 is 0 Å². The summed E-state index contributed by atoms with van der Waals surface area (Å²) in [4.78, 5) is 19.9. The van der Waals surface area contributed by atoms with E-state index in [9.17, 15) is 4.79 Å². The number of nitrogens with one attached hydrogen (secondary N) is 1. The van der Waals surface area contributed by atoms with Gasteiger partial charge in [-0.2, -0.15) is 0 Å². The third-order valence-electron chi connectivity index (χ3n) is 3.81. The average molecular weight is 308 g/mol. The Hall–Kier alpha value is -2.24. The smallest absolute Gasteiger partial charge is 0.266 e. The van der Waals surface area contributed by atoms with Crippen molar-refractivity contribution in [1.29, 1.82) is 0 Å². The van der Waals surface area contributed by atoms with Crippen LogP contribution in [-0.2, 0) is 0 Å². The number of nitrogens with zero attached hydrogens (tertiary/aromatic N) is 1. The maximum Gasteiger partial charge on any atom is 0.266 e. The van der Waals surface area contributed by atoms with Crippen LogP contribution >= 0.6 is 22.7 Å². The predicted molar refractivity (Wildman–Crippen MR) is 90.6 cm³/mol. The Morgan fingerprint density at radius 2 is 2.05 bits per heavy atom. The van der Waals surface area contributed by atoms with Crippen molar-refractivity contribution in [2.45, 2.75) is 0 Å². The zero-order valence-electron chi connectivity index (χ0n) is 10.7. The van der Waals surface area contributed by atoms with Crippen LogP contribution in [0.2, 0.25) is 0 Å². The zero-order valence-corrected chi connectivity index (χ0v) is 12.3. The molecular formula is C16H8N2OS2. The fourth-order valence-electron chi connectivity index (χ4n) is 2.90. The van der Waals surface area contributed by atoms with E-state index in [1.165, 1.54) is 9.40 Å². The molecule has 1 aromatic carbocycles. The fourth-order valence-corrected chi connectivity index (χ4v) is 5.07. The first-order valence-electron chi connectivity index (χ1n) is 6.52. The Kier molecular flexibility index (Phi) is 2.12. The Morgan fingerprint density at radius 1 is 1.10 bits per heavy atom. The molecule has 4 aromatic heterocycles. The number of H-pyrrole nitrogens is 1. The van der Waals surface area contributed by atoms with Gasteiger partial charge in [0.15, 0.2) is 0 Å². The summed E-state index contributed by atoms with van der Waals surface area (Å²) in [5, 5.41) is 6.42. The van der Waals surface area contributed by atoms with Gasteiger partial charge in [0.1, 0.15) is 4.70 Å². The Bertz CT molecular complexity index is 1210. The summed E-state index contributed by atoms with van der Waals surface area (Å²) >= 11 is 3.25. The van der Waals surface area contributed by atoms with Crippen molar-refractivity contribution in [3.05, 3.63) is 52.3 Å². The molecule has 0 fully saturated rings. The number of benzene rings is 1. The van der Waals surface area contributed by atoms with Crippen molar-refractivity contribution >= 4 is 64.0 Å². The molecule has 0 aliphatic rings. The number of rotatable bonds is 0. The molecule has 21 heavy (non-hydrogen) atoms. The average Bonchev–Trinajstić information content (AvgIpc) is 3.08. The molecule has 100 valence electrons. The van der Waals surface area contributed by atoms with Crippen LogP contribution in [0.1, 0.15) is 0 Å². The third kappa shape index (κ3) is 1.42. The summed E-state index contributed by atoms with van der Waals surface area (Å²) in [7, 11) is 0. The lowest BCUT2D eigenvalue weighted by Gasteiger charge is -2.04. The van der Waals surface area contributed by atoms with Crippen LogP contribution in [0.4, 0.5) is 0 Å². The molecule has 0 aliphatic heterocycles. The maximum absolute atomic E-state index is 12.4. The summed E-state index contributed by atoms with van der Waals surface area (Å²) in [6.07, 6.45) is 1.76. The highest BCUT2D eigenvalue weighted by Crippen LogP contribution is 2.39. The van der Waals surface area contributed by atoms with E-state index in [1.54, 1.807) is 28.9 Å². The molecule has 0 spiro atoms. The van der Waals surface area contributed by atoms with Crippen molar-refractivity contribution < 1.29 is 0 Å². The SMILES string of the molecule is O=c1[nH]c2c(ccc3cccnc32)c2c1sc1sccc12. The van der Waals surface area contributed by atoms with Gasteiger partial charge in [0.2, 0.25) is 0 Å². The van der Waals surface area contributed by atoms with Gasteiger partial charge in [0, 0.05) is 27.7 Å². The maximum atomic E-state index is 12.4. The molecule has 0 saturated carbocycles. The summed E-state index contributed by atoms with van der Waals surface area (Å²) in [6.45, 7) is 0. The van der Waals surface area contributed by atoms with Crippen molar-refractivity contribution in [2.24, 2.45) is 0 Å². The second-order valence-electron chi connectivity index (χ2n) is 4.95. The van der Waals surface area contributed by atoms with E-state index in [-0.39, 0.29) is 5.56 Å². The quantitative estimate of drug-likeness (QED) is 0.428. The predicted octanol–water partition coefficient (Wildman–Crippen LogP) is 4.51. The number of fused-ring (bicyclic) bond motifs is 7. The zero-order chi connectivity index (χ0) is 14.0. The lowest BCUT2D eigenvalue weighted by atomic mass is 10.1. The Balaban J connectivity index is 2.19. The Labute approximate surface area is 126 Å². The Morgan fingerprint density at radius 3 is 3.00 bits per heavy atom. The first kappa shape index (κ1) is 11.4. The molecule has 0 bridgehead atoms. The molecule has 0 radical (unpaired) electrons. The minimum absolute atomic E-state index is 0.0240. The minimum Gasteiger partial charge on any atom is -0.319 e. The molecule has 0 unspecified atom stereocenters. The van der Waals surface area contributed by atoms with Crippen LogP contribution < -0.4 is 5.56 Å². The largest absolute Gasteiger partial charge is 0.319 e. The van der Waals surface area contributed by atoms with Crippen LogP contribution in [0.3, 0.4) is 0 Å². The standard InChI is InChI=1S/C16H8N2OS2/c19-15-14-11(10-5-7-20-16(10)21-14)9-4-3-8-2-1-6-17-12(8)13(9)18-15/h1-7H,(H,18,19). The van der Waals surface area contributed by atoms with Gasteiger partial charge in [-0.1, -0.05) is 18.2 Å². The topological polar surface area (TPSA) is 45.8 Å². The van der Waals surface area contributed by atoms with Crippen molar-refractivity contribution in [2.75, 3.05) is 0 Å². The minimum atomic E-state index is -0.0240. The van der Waals surface area contributed by atoms with Gasteiger partial charge in [-0.15, -0.1) is 22.7 Å². The van der Waals surface area contributed by atoms with E-state index in [1.807, 2.05) is 12.1 Å².